The van der Waals surface area contributed by atoms with Crippen molar-refractivity contribution in [2.75, 3.05) is 75.6 Å². The van der Waals surface area contributed by atoms with Crippen LogP contribution in [0.15, 0.2) is 59.5 Å². The Bertz CT molecular complexity index is 2160. The molecule has 1 saturated heterocycles. The van der Waals surface area contributed by atoms with E-state index in [9.17, 15) is 9.59 Å². The highest BCUT2D eigenvalue weighted by Crippen LogP contribution is 2.51. The average molecular weight is 861 g/mol. The highest BCUT2D eigenvalue weighted by molar-refractivity contribution is 5.81. The molecule has 2 aliphatic carbocycles. The van der Waals surface area contributed by atoms with E-state index in [1.54, 1.807) is 23.9 Å². The quantitative estimate of drug-likeness (QED) is 0.0792. The molecule has 3 fully saturated rings. The van der Waals surface area contributed by atoms with Gasteiger partial charge < -0.3 is 25.2 Å². The van der Waals surface area contributed by atoms with Gasteiger partial charge >= 0.3 is 0 Å². The normalized spacial score (nSPS) is 21.4. The van der Waals surface area contributed by atoms with Crippen molar-refractivity contribution in [3.8, 4) is 11.4 Å². The summed E-state index contributed by atoms with van der Waals surface area (Å²) in [4.78, 5) is 42.7. The summed E-state index contributed by atoms with van der Waals surface area (Å²) >= 11 is 0. The van der Waals surface area contributed by atoms with Crippen molar-refractivity contribution in [1.82, 2.24) is 24.8 Å². The van der Waals surface area contributed by atoms with Crippen LogP contribution < -0.4 is 30.7 Å². The van der Waals surface area contributed by atoms with Gasteiger partial charge in [-0.1, -0.05) is 71.3 Å². The molecule has 2 bridgehead atoms. The number of hydrogen-bond acceptors (Lipinski definition) is 9. The molecule has 2 aromatic heterocycles. The van der Waals surface area contributed by atoms with Crippen LogP contribution in [0.25, 0.3) is 16.7 Å². The number of methoxy groups -OCH3 is 1. The molecule has 0 radical (unpaired) electrons. The molecule has 342 valence electrons. The average Bonchev–Trinajstić information content (AvgIpc) is 3.25. The van der Waals surface area contributed by atoms with Crippen molar-refractivity contribution in [1.29, 1.82) is 0 Å². The van der Waals surface area contributed by atoms with E-state index in [-0.39, 0.29) is 16.9 Å². The molecule has 1 aliphatic heterocycles. The fourth-order valence-electron chi connectivity index (χ4n) is 11.2. The molecule has 1 amide bonds. The zero-order valence-electron chi connectivity index (χ0n) is 39.4. The molecule has 2 N–H and O–H groups in total. The van der Waals surface area contributed by atoms with E-state index in [1.165, 1.54) is 96.4 Å². The second kappa shape index (κ2) is 21.8. The van der Waals surface area contributed by atoms with E-state index in [0.717, 1.165) is 103 Å². The molecule has 7 rings (SSSR count). The van der Waals surface area contributed by atoms with Gasteiger partial charge in [-0.05, 0) is 117 Å². The number of ether oxygens (including phenoxy) is 1. The zero-order valence-corrected chi connectivity index (χ0v) is 39.4. The first-order valence-electron chi connectivity index (χ1n) is 24.3. The zero-order chi connectivity index (χ0) is 44.3. The van der Waals surface area contributed by atoms with Crippen LogP contribution in [-0.4, -0.2) is 85.8 Å². The molecule has 3 heterocycles. The van der Waals surface area contributed by atoms with Gasteiger partial charge in [-0.15, -0.1) is 0 Å². The molecule has 3 aliphatic rings. The predicted octanol–water partition coefficient (Wildman–Crippen LogP) is 10.3. The van der Waals surface area contributed by atoms with Gasteiger partial charge in [0.25, 0.3) is 5.56 Å². The summed E-state index contributed by atoms with van der Waals surface area (Å²) in [6.07, 6.45) is 22.0. The lowest BCUT2D eigenvalue weighted by atomic mass is 9.58. The highest BCUT2D eigenvalue weighted by atomic mass is 16.5. The molecule has 2 saturated carbocycles. The molecule has 63 heavy (non-hydrogen) atoms. The lowest BCUT2D eigenvalue weighted by molar-refractivity contribution is -0.124. The van der Waals surface area contributed by atoms with Gasteiger partial charge in [0.2, 0.25) is 11.9 Å². The van der Waals surface area contributed by atoms with Crippen LogP contribution in [0.5, 0.6) is 5.75 Å². The molecular weight excluding hydrogens is 785 g/mol. The highest BCUT2D eigenvalue weighted by Gasteiger charge is 2.41. The van der Waals surface area contributed by atoms with Crippen molar-refractivity contribution >= 4 is 40.0 Å². The Balaban J connectivity index is 0.762. The standard InChI is InChI=1S/C52H76N8O3/c1-38-28-40-31-41(29-38)35-52(3,34-40)36-48(61)53-22-15-13-11-9-7-8-10-12-14-16-23-58-24-26-59(27-25-58)43-20-21-46(47(33-43)63-6)55-51-54-37-45-39(2)30-49(62)60(50(45)56-51)44-19-17-18-42(32-44)57(4)5/h17-21,30,32-33,37-38,40-41H,7-16,22-29,31,34-36H2,1-6H3,(H,53,61)(H,54,55,56). The molecule has 2 unspecified atom stereocenters. The molecule has 2 aromatic carbocycles. The predicted molar refractivity (Wildman–Crippen MR) is 260 cm³/mol. The summed E-state index contributed by atoms with van der Waals surface area (Å²) in [5.41, 5.74) is 5.12. The first-order valence-corrected chi connectivity index (χ1v) is 24.3. The van der Waals surface area contributed by atoms with E-state index < -0.39 is 0 Å². The summed E-state index contributed by atoms with van der Waals surface area (Å²) in [6.45, 7) is 12.8. The summed E-state index contributed by atoms with van der Waals surface area (Å²) in [6, 6.07) is 15.8. The number of rotatable bonds is 21. The van der Waals surface area contributed by atoms with Gasteiger partial charge in [0.15, 0.2) is 5.65 Å². The Kier molecular flexibility index (Phi) is 16.1. The summed E-state index contributed by atoms with van der Waals surface area (Å²) in [5, 5.41) is 7.44. The van der Waals surface area contributed by atoms with Gasteiger partial charge in [0.05, 0.1) is 18.5 Å². The first-order chi connectivity index (χ1) is 30.5. The van der Waals surface area contributed by atoms with Crippen LogP contribution in [-0.2, 0) is 4.79 Å². The maximum atomic E-state index is 13.4. The number of hydrogen-bond donors (Lipinski definition) is 2. The molecule has 11 heteroatoms. The van der Waals surface area contributed by atoms with E-state index >= 15 is 0 Å². The number of nitrogens with one attached hydrogen (secondary N) is 2. The first kappa shape index (κ1) is 46.4. The van der Waals surface area contributed by atoms with Crippen molar-refractivity contribution in [2.45, 2.75) is 124 Å². The second-order valence-electron chi connectivity index (χ2n) is 20.0. The summed E-state index contributed by atoms with van der Waals surface area (Å²) in [5.74, 6) is 3.97. The van der Waals surface area contributed by atoms with E-state index in [1.807, 2.05) is 56.3 Å². The van der Waals surface area contributed by atoms with Crippen LogP contribution in [0, 0.1) is 30.1 Å². The number of fused-ring (bicyclic) bond motifs is 3. The fraction of sp³-hybridized carbons (Fsp3) is 0.615. The van der Waals surface area contributed by atoms with Crippen LogP contribution >= 0.6 is 0 Å². The summed E-state index contributed by atoms with van der Waals surface area (Å²) < 4.78 is 7.52. The number of benzene rings is 2. The van der Waals surface area contributed by atoms with Crippen molar-refractivity contribution in [3.63, 3.8) is 0 Å². The maximum Gasteiger partial charge on any atom is 0.257 e. The number of unbranched alkanes of at least 4 members (excludes halogenated alkanes) is 9. The van der Waals surface area contributed by atoms with Gasteiger partial charge in [-0.3, -0.25) is 19.1 Å². The third-order valence-electron chi connectivity index (χ3n) is 14.3. The largest absolute Gasteiger partial charge is 0.494 e. The minimum Gasteiger partial charge on any atom is -0.494 e. The number of anilines is 4. The fourth-order valence-corrected chi connectivity index (χ4v) is 11.2. The van der Waals surface area contributed by atoms with E-state index in [4.69, 9.17) is 9.72 Å². The Hall–Kier alpha value is -4.64. The third kappa shape index (κ3) is 12.5. The third-order valence-corrected chi connectivity index (χ3v) is 14.3. The van der Waals surface area contributed by atoms with Gasteiger partial charge in [0.1, 0.15) is 5.75 Å². The minimum absolute atomic E-state index is 0.138. The maximum absolute atomic E-state index is 13.4. The molecule has 2 atom stereocenters. The topological polar surface area (TPSA) is 108 Å². The molecule has 11 nitrogen and oxygen atoms in total. The lowest BCUT2D eigenvalue weighted by Gasteiger charge is -2.47. The SMILES string of the molecule is COc1cc(N2CCN(CCCCCCCCCCCCNC(=O)CC3(C)CC4CC(C)CC(C4)C3)CC2)ccc1Nc1ncc2c(C)cc(=O)n(-c3cccc(N(C)C)c3)c2n1. The molecule has 4 aromatic rings. The monoisotopic (exact) mass is 861 g/mol. The Morgan fingerprint density at radius 3 is 2.22 bits per heavy atom. The number of piperazine rings is 1. The van der Waals surface area contributed by atoms with Crippen molar-refractivity contribution in [2.24, 2.45) is 23.2 Å². The number of amides is 1. The number of nitrogens with zero attached hydrogens (tertiary/aromatic N) is 6. The van der Waals surface area contributed by atoms with Gasteiger partial charge in [-0.2, -0.15) is 4.98 Å². The summed E-state index contributed by atoms with van der Waals surface area (Å²) in [7, 11) is 5.66. The van der Waals surface area contributed by atoms with Crippen molar-refractivity contribution in [3.05, 3.63) is 70.6 Å². The van der Waals surface area contributed by atoms with Crippen LogP contribution in [0.4, 0.5) is 23.0 Å². The smallest absolute Gasteiger partial charge is 0.257 e. The minimum atomic E-state index is -0.138. The number of aromatic nitrogens is 3. The molecular formula is C52H76N8O3. The second-order valence-corrected chi connectivity index (χ2v) is 20.0. The van der Waals surface area contributed by atoms with Crippen LogP contribution in [0.1, 0.15) is 122 Å². The van der Waals surface area contributed by atoms with Gasteiger partial charge in [-0.25, -0.2) is 4.98 Å². The van der Waals surface area contributed by atoms with Crippen LogP contribution in [0.2, 0.25) is 0 Å². The Labute approximate surface area is 377 Å². The number of aryl methyl sites for hydroxylation is 1. The Morgan fingerprint density at radius 1 is 0.857 bits per heavy atom. The van der Waals surface area contributed by atoms with E-state index in [0.29, 0.717) is 11.6 Å². The number of carbonyl (C=O) groups is 1. The van der Waals surface area contributed by atoms with E-state index in [2.05, 4.69) is 51.4 Å². The van der Waals surface area contributed by atoms with Gasteiger partial charge in [0, 0.05) is 88.3 Å². The number of pyridine rings is 1. The van der Waals surface area contributed by atoms with Crippen LogP contribution in [0.3, 0.4) is 0 Å². The van der Waals surface area contributed by atoms with Crippen molar-refractivity contribution < 1.29 is 9.53 Å². The molecule has 0 spiro atoms. The lowest BCUT2D eigenvalue weighted by Crippen LogP contribution is -2.46. The Morgan fingerprint density at radius 2 is 1.54 bits per heavy atom. The number of carbonyl (C=O) groups excluding carboxylic acids is 1.